The Hall–Kier alpha value is -3.34. The monoisotopic (exact) mass is 420 g/mol. The molecule has 11 heteroatoms. The first kappa shape index (κ1) is 18.4. The average molecular weight is 420 g/mol. The fourth-order valence-electron chi connectivity index (χ4n) is 4.66. The molecule has 0 bridgehead atoms. The molecule has 6 rings (SSSR count). The van der Waals surface area contributed by atoms with E-state index in [-0.39, 0.29) is 6.04 Å². The number of rotatable bonds is 4. The summed E-state index contributed by atoms with van der Waals surface area (Å²) in [4.78, 5) is 23.3. The third-order valence-corrected chi connectivity index (χ3v) is 6.27. The number of aromatic amines is 1. The van der Waals surface area contributed by atoms with Crippen molar-refractivity contribution >= 4 is 17.1 Å². The molecule has 1 fully saturated rings. The van der Waals surface area contributed by atoms with Gasteiger partial charge in [-0.25, -0.2) is 15.0 Å². The van der Waals surface area contributed by atoms with Gasteiger partial charge in [-0.1, -0.05) is 0 Å². The maximum atomic E-state index is 5.56. The van der Waals surface area contributed by atoms with Crippen LogP contribution in [-0.4, -0.2) is 64.0 Å². The number of anilines is 1. The number of H-pyrrole nitrogens is 1. The van der Waals surface area contributed by atoms with Crippen molar-refractivity contribution in [1.29, 1.82) is 0 Å². The lowest BCUT2D eigenvalue weighted by atomic mass is 9.98. The number of hydrogen-bond donors (Lipinski definition) is 1. The van der Waals surface area contributed by atoms with Crippen molar-refractivity contribution in [2.24, 2.45) is 7.05 Å². The van der Waals surface area contributed by atoms with Crippen molar-refractivity contribution in [3.63, 3.8) is 0 Å². The number of hydrogen-bond acceptors (Lipinski definition) is 8. The molecule has 160 valence electrons. The smallest absolute Gasteiger partial charge is 0.227 e. The first-order valence-electron chi connectivity index (χ1n) is 10.6. The second-order valence-electron chi connectivity index (χ2n) is 8.28. The second-order valence-corrected chi connectivity index (χ2v) is 8.28. The van der Waals surface area contributed by atoms with E-state index in [0.717, 1.165) is 61.9 Å². The Bertz CT molecular complexity index is 1190. The predicted octanol–water partition coefficient (Wildman–Crippen LogP) is 1.38. The number of ether oxygens (including phenoxy) is 1. The highest BCUT2D eigenvalue weighted by atomic mass is 16.5. The third kappa shape index (κ3) is 3.25. The summed E-state index contributed by atoms with van der Waals surface area (Å²) in [5.41, 5.74) is 2.71. The molecule has 4 aromatic rings. The quantitative estimate of drug-likeness (QED) is 0.526. The van der Waals surface area contributed by atoms with E-state index in [1.165, 1.54) is 0 Å². The first-order chi connectivity index (χ1) is 15.3. The van der Waals surface area contributed by atoms with E-state index < -0.39 is 0 Å². The number of imidazole rings is 2. The lowest BCUT2D eigenvalue weighted by Crippen LogP contribution is -2.40. The summed E-state index contributed by atoms with van der Waals surface area (Å²) >= 11 is 0. The summed E-state index contributed by atoms with van der Waals surface area (Å²) in [7, 11) is 1.94. The molecule has 0 radical (unpaired) electrons. The van der Waals surface area contributed by atoms with Crippen molar-refractivity contribution in [1.82, 2.24) is 44.3 Å². The zero-order valence-corrected chi connectivity index (χ0v) is 17.3. The predicted molar refractivity (Wildman–Crippen MR) is 111 cm³/mol. The topological polar surface area (TPSA) is 115 Å². The van der Waals surface area contributed by atoms with Gasteiger partial charge in [-0.15, -0.1) is 10.2 Å². The molecule has 11 nitrogen and oxygen atoms in total. The fourth-order valence-corrected chi connectivity index (χ4v) is 4.66. The summed E-state index contributed by atoms with van der Waals surface area (Å²) in [5.74, 6) is 3.07. The van der Waals surface area contributed by atoms with Gasteiger partial charge in [0.05, 0.1) is 31.4 Å². The van der Waals surface area contributed by atoms with Gasteiger partial charge in [0.2, 0.25) is 5.95 Å². The highest BCUT2D eigenvalue weighted by Crippen LogP contribution is 2.33. The van der Waals surface area contributed by atoms with Gasteiger partial charge >= 0.3 is 0 Å². The molecular formula is C20H24N10O. The Morgan fingerprint density at radius 3 is 2.90 bits per heavy atom. The van der Waals surface area contributed by atoms with E-state index >= 15 is 0 Å². The highest BCUT2D eigenvalue weighted by molar-refractivity contribution is 5.70. The van der Waals surface area contributed by atoms with Crippen LogP contribution in [0.25, 0.3) is 11.2 Å². The van der Waals surface area contributed by atoms with E-state index in [1.54, 1.807) is 12.7 Å². The van der Waals surface area contributed by atoms with Crippen LogP contribution < -0.4 is 4.90 Å². The van der Waals surface area contributed by atoms with E-state index in [2.05, 4.69) is 39.6 Å². The molecule has 0 amide bonds. The number of aryl methyl sites for hydroxylation is 1. The molecule has 1 atom stereocenters. The van der Waals surface area contributed by atoms with Crippen molar-refractivity contribution in [3.05, 3.63) is 42.4 Å². The Morgan fingerprint density at radius 1 is 1.16 bits per heavy atom. The lowest BCUT2D eigenvalue weighted by Gasteiger charge is -2.35. The normalized spacial score (nSPS) is 19.8. The molecule has 4 aromatic heterocycles. The lowest BCUT2D eigenvalue weighted by molar-refractivity contribution is 0.0822. The summed E-state index contributed by atoms with van der Waals surface area (Å²) in [6.07, 6.45) is 9.98. The van der Waals surface area contributed by atoms with Crippen LogP contribution in [0.5, 0.6) is 0 Å². The molecular weight excluding hydrogens is 396 g/mol. The number of fused-ring (bicyclic) bond motifs is 2. The van der Waals surface area contributed by atoms with Crippen LogP contribution in [0.3, 0.4) is 0 Å². The van der Waals surface area contributed by atoms with Crippen LogP contribution in [0, 0.1) is 0 Å². The van der Waals surface area contributed by atoms with Gasteiger partial charge in [0.25, 0.3) is 0 Å². The number of nitrogens with zero attached hydrogens (tertiary/aromatic N) is 9. The summed E-state index contributed by atoms with van der Waals surface area (Å²) in [5, 5.41) is 9.21. The van der Waals surface area contributed by atoms with Gasteiger partial charge in [-0.2, -0.15) is 4.98 Å². The Balaban J connectivity index is 1.37. The number of nitrogens with one attached hydrogen (secondary N) is 1. The summed E-state index contributed by atoms with van der Waals surface area (Å²) in [6.45, 7) is 2.94. The maximum Gasteiger partial charge on any atom is 0.227 e. The minimum absolute atomic E-state index is 0.153. The van der Waals surface area contributed by atoms with Gasteiger partial charge in [0.15, 0.2) is 11.5 Å². The minimum Gasteiger partial charge on any atom is -0.381 e. The Labute approximate surface area is 178 Å². The standard InChI is InChI=1S/C20H24N10O/c1-28-12-24-18-16(28)8-22-20(25-18)29-9-15(6-14-7-21-11-23-14)30-17(10-29)26-27-19(30)13-2-4-31-5-3-13/h7-8,11-13,15H,2-6,9-10H2,1H3,(H,21,23). The Morgan fingerprint density at radius 2 is 2.06 bits per heavy atom. The van der Waals surface area contributed by atoms with E-state index in [9.17, 15) is 0 Å². The van der Waals surface area contributed by atoms with Gasteiger partial charge in [-0.05, 0) is 12.8 Å². The van der Waals surface area contributed by atoms with E-state index in [4.69, 9.17) is 9.72 Å². The fraction of sp³-hybridized carbons (Fsp3) is 0.500. The van der Waals surface area contributed by atoms with Crippen LogP contribution in [0.15, 0.2) is 25.0 Å². The molecule has 1 N–H and O–H groups in total. The summed E-state index contributed by atoms with van der Waals surface area (Å²) in [6, 6.07) is 0.153. The van der Waals surface area contributed by atoms with Crippen LogP contribution >= 0.6 is 0 Å². The van der Waals surface area contributed by atoms with Gasteiger partial charge in [0, 0.05) is 51.0 Å². The molecule has 0 aromatic carbocycles. The van der Waals surface area contributed by atoms with Crippen molar-refractivity contribution < 1.29 is 4.74 Å². The second kappa shape index (κ2) is 7.41. The van der Waals surface area contributed by atoms with Gasteiger partial charge < -0.3 is 23.8 Å². The molecule has 6 heterocycles. The molecule has 31 heavy (non-hydrogen) atoms. The zero-order valence-electron chi connectivity index (χ0n) is 17.3. The minimum atomic E-state index is 0.153. The largest absolute Gasteiger partial charge is 0.381 e. The first-order valence-corrected chi connectivity index (χ1v) is 10.6. The van der Waals surface area contributed by atoms with Crippen LogP contribution in [0.4, 0.5) is 5.95 Å². The molecule has 0 spiro atoms. The van der Waals surface area contributed by atoms with Crippen molar-refractivity contribution in [3.8, 4) is 0 Å². The van der Waals surface area contributed by atoms with Gasteiger partial charge in [0.1, 0.15) is 11.3 Å². The van der Waals surface area contributed by atoms with Crippen molar-refractivity contribution in [2.45, 2.75) is 37.8 Å². The molecule has 1 saturated heterocycles. The van der Waals surface area contributed by atoms with Crippen LogP contribution in [0.2, 0.25) is 0 Å². The van der Waals surface area contributed by atoms with Gasteiger partial charge in [-0.3, -0.25) is 0 Å². The van der Waals surface area contributed by atoms with Crippen molar-refractivity contribution in [2.75, 3.05) is 24.7 Å². The zero-order chi connectivity index (χ0) is 20.8. The molecule has 2 aliphatic heterocycles. The Kier molecular flexibility index (Phi) is 4.41. The molecule has 2 aliphatic rings. The molecule has 0 saturated carbocycles. The van der Waals surface area contributed by atoms with E-state index in [1.807, 2.05) is 24.0 Å². The summed E-state index contributed by atoms with van der Waals surface area (Å²) < 4.78 is 9.83. The maximum absolute atomic E-state index is 5.56. The average Bonchev–Trinajstić information content (AvgIpc) is 3.55. The SMILES string of the molecule is Cn1cnc2nc(N3Cc4nnc(C5CCOCC5)n4C(Cc4cnc[nH]4)C3)ncc21. The van der Waals surface area contributed by atoms with Crippen LogP contribution in [-0.2, 0) is 24.8 Å². The molecule has 0 aliphatic carbocycles. The third-order valence-electron chi connectivity index (χ3n) is 6.27. The molecule has 1 unspecified atom stereocenters. The highest BCUT2D eigenvalue weighted by Gasteiger charge is 2.34. The van der Waals surface area contributed by atoms with Crippen LogP contribution in [0.1, 0.15) is 42.1 Å². The van der Waals surface area contributed by atoms with E-state index in [0.29, 0.717) is 24.1 Å². The number of aromatic nitrogens is 9.